The van der Waals surface area contributed by atoms with Crippen LogP contribution in [0.5, 0.6) is 0 Å². The maximum absolute atomic E-state index is 12.8. The van der Waals surface area contributed by atoms with Gasteiger partial charge in [0.15, 0.2) is 0 Å². The number of carbonyl (C=O) groups is 2. The van der Waals surface area contributed by atoms with Crippen molar-refractivity contribution in [3.8, 4) is 0 Å². The van der Waals surface area contributed by atoms with E-state index in [1.165, 1.54) is 23.6 Å². The number of hydrogen-bond donors (Lipinski definition) is 3. The number of nitrogens with zero attached hydrogens (tertiary/aromatic N) is 3. The molecule has 0 aliphatic heterocycles. The number of benzene rings is 1. The van der Waals surface area contributed by atoms with Gasteiger partial charge < -0.3 is 16.0 Å². The summed E-state index contributed by atoms with van der Waals surface area (Å²) in [6.07, 6.45) is -0.416. The van der Waals surface area contributed by atoms with Crippen LogP contribution >= 0.6 is 0 Å². The van der Waals surface area contributed by atoms with Gasteiger partial charge in [-0.1, -0.05) is 6.07 Å². The number of anilines is 1. The Morgan fingerprint density at radius 3 is 2.70 bits per heavy atom. The fraction of sp³-hybridized carbons (Fsp3) is 0.364. The van der Waals surface area contributed by atoms with Gasteiger partial charge >= 0.3 is 6.18 Å². The van der Waals surface area contributed by atoms with Crippen LogP contribution in [0.4, 0.5) is 18.9 Å². The Morgan fingerprint density at radius 2 is 1.94 bits per heavy atom. The van der Waals surface area contributed by atoms with Crippen LogP contribution in [0.2, 0.25) is 0 Å². The van der Waals surface area contributed by atoms with Gasteiger partial charge in [0, 0.05) is 30.4 Å². The van der Waals surface area contributed by atoms with Crippen molar-refractivity contribution in [2.24, 2.45) is 5.92 Å². The molecular formula is C22H23F3N6O2. The predicted octanol–water partition coefficient (Wildman–Crippen LogP) is 2.82. The monoisotopic (exact) mass is 460 g/mol. The van der Waals surface area contributed by atoms with Crippen molar-refractivity contribution in [3.63, 3.8) is 0 Å². The lowest BCUT2D eigenvalue weighted by atomic mass is 10.2. The number of hydrogen-bond acceptors (Lipinski definition) is 5. The van der Waals surface area contributed by atoms with Gasteiger partial charge in [0.05, 0.1) is 5.52 Å². The first-order valence-electron chi connectivity index (χ1n) is 10.6. The summed E-state index contributed by atoms with van der Waals surface area (Å²) in [5, 5.41) is 13.7. The molecule has 174 valence electrons. The molecule has 8 nitrogen and oxygen atoms in total. The highest BCUT2D eigenvalue weighted by Gasteiger charge is 2.33. The van der Waals surface area contributed by atoms with E-state index in [-0.39, 0.29) is 18.1 Å². The maximum atomic E-state index is 12.8. The molecule has 2 heterocycles. The summed E-state index contributed by atoms with van der Waals surface area (Å²) in [7, 11) is 0. The SMILES string of the molecule is O=C(Cn1cc2cc(NC(=O)c3cccc(C(F)(F)F)n3)ccc2n1)NCCNCC1CC1. The Morgan fingerprint density at radius 1 is 1.12 bits per heavy atom. The molecule has 0 saturated heterocycles. The topological polar surface area (TPSA) is 101 Å². The number of halogens is 3. The molecule has 3 aromatic rings. The number of pyridine rings is 1. The standard InChI is InChI=1S/C22H23F3N6O2/c23-22(24,25)19-3-1-2-18(29-19)21(33)28-16-6-7-17-15(10-16)12-31(30-17)13-20(32)27-9-8-26-11-14-4-5-14/h1-3,6-7,10,12,14,26H,4-5,8-9,11,13H2,(H,27,32)(H,28,33). The number of rotatable bonds is 9. The van der Waals surface area contributed by atoms with Gasteiger partial charge in [-0.3, -0.25) is 14.3 Å². The smallest absolute Gasteiger partial charge is 0.353 e. The van der Waals surface area contributed by atoms with Gasteiger partial charge in [-0.2, -0.15) is 18.3 Å². The minimum Gasteiger partial charge on any atom is -0.353 e. The molecule has 3 N–H and O–H groups in total. The van der Waals surface area contributed by atoms with E-state index in [0.717, 1.165) is 24.6 Å². The van der Waals surface area contributed by atoms with Crippen LogP contribution in [0, 0.1) is 5.92 Å². The van der Waals surface area contributed by atoms with Crippen molar-refractivity contribution in [2.45, 2.75) is 25.6 Å². The summed E-state index contributed by atoms with van der Waals surface area (Å²) < 4.78 is 40.0. The largest absolute Gasteiger partial charge is 0.433 e. The summed E-state index contributed by atoms with van der Waals surface area (Å²) in [5.74, 6) is -0.143. The molecule has 0 bridgehead atoms. The number of nitrogens with one attached hydrogen (secondary N) is 3. The molecule has 2 aromatic heterocycles. The van der Waals surface area contributed by atoms with Crippen LogP contribution in [0.3, 0.4) is 0 Å². The highest BCUT2D eigenvalue weighted by Crippen LogP contribution is 2.28. The number of amides is 2. The molecule has 1 aliphatic rings. The molecule has 1 aliphatic carbocycles. The van der Waals surface area contributed by atoms with Crippen molar-refractivity contribution in [3.05, 3.63) is 54.0 Å². The average molecular weight is 460 g/mol. The molecule has 0 unspecified atom stereocenters. The number of alkyl halides is 3. The van der Waals surface area contributed by atoms with Gasteiger partial charge in [-0.05, 0) is 55.6 Å². The third kappa shape index (κ3) is 6.28. The molecule has 1 saturated carbocycles. The number of aromatic nitrogens is 3. The third-order valence-corrected chi connectivity index (χ3v) is 5.14. The summed E-state index contributed by atoms with van der Waals surface area (Å²) in [4.78, 5) is 27.9. The summed E-state index contributed by atoms with van der Waals surface area (Å²) in [5.41, 5.74) is -0.491. The second-order valence-electron chi connectivity index (χ2n) is 7.96. The van der Waals surface area contributed by atoms with Gasteiger partial charge in [-0.15, -0.1) is 0 Å². The first-order valence-corrected chi connectivity index (χ1v) is 10.6. The van der Waals surface area contributed by atoms with Crippen LogP contribution in [0.25, 0.3) is 10.9 Å². The predicted molar refractivity (Wildman–Crippen MR) is 116 cm³/mol. The lowest BCUT2D eigenvalue weighted by Gasteiger charge is -2.08. The highest BCUT2D eigenvalue weighted by molar-refractivity contribution is 6.03. The zero-order chi connectivity index (χ0) is 23.4. The van der Waals surface area contributed by atoms with Crippen molar-refractivity contribution < 1.29 is 22.8 Å². The molecule has 1 aromatic carbocycles. The van der Waals surface area contributed by atoms with E-state index < -0.39 is 17.8 Å². The van der Waals surface area contributed by atoms with Gasteiger partial charge in [0.1, 0.15) is 17.9 Å². The molecule has 11 heteroatoms. The van der Waals surface area contributed by atoms with Crippen molar-refractivity contribution in [2.75, 3.05) is 25.0 Å². The van der Waals surface area contributed by atoms with Gasteiger partial charge in [0.25, 0.3) is 5.91 Å². The molecule has 0 radical (unpaired) electrons. The molecule has 4 rings (SSSR count). The first kappa shape index (κ1) is 22.7. The molecule has 1 fully saturated rings. The van der Waals surface area contributed by atoms with Gasteiger partial charge in [0.2, 0.25) is 5.91 Å². The van der Waals surface area contributed by atoms with E-state index in [2.05, 4.69) is 26.0 Å². The Bertz CT molecular complexity index is 1160. The lowest BCUT2D eigenvalue weighted by molar-refractivity contribution is -0.141. The van der Waals surface area contributed by atoms with Gasteiger partial charge in [-0.25, -0.2) is 4.98 Å². The zero-order valence-electron chi connectivity index (χ0n) is 17.7. The van der Waals surface area contributed by atoms with E-state index in [4.69, 9.17) is 0 Å². The maximum Gasteiger partial charge on any atom is 0.433 e. The lowest BCUT2D eigenvalue weighted by Crippen LogP contribution is -2.34. The Kier molecular flexibility index (Phi) is 6.59. The van der Waals surface area contributed by atoms with E-state index in [1.54, 1.807) is 24.4 Å². The van der Waals surface area contributed by atoms with Crippen LogP contribution in [0.15, 0.2) is 42.6 Å². The number of fused-ring (bicyclic) bond motifs is 1. The first-order chi connectivity index (χ1) is 15.8. The summed E-state index contributed by atoms with van der Waals surface area (Å²) in [6, 6.07) is 8.01. The minimum absolute atomic E-state index is 0.0488. The molecule has 33 heavy (non-hydrogen) atoms. The second-order valence-corrected chi connectivity index (χ2v) is 7.96. The Labute approximate surface area is 187 Å². The minimum atomic E-state index is -4.64. The summed E-state index contributed by atoms with van der Waals surface area (Å²) in [6.45, 7) is 2.29. The normalized spacial score (nSPS) is 13.8. The quantitative estimate of drug-likeness (QED) is 0.427. The van der Waals surface area contributed by atoms with Crippen LogP contribution < -0.4 is 16.0 Å². The Hall–Kier alpha value is -3.47. The van der Waals surface area contributed by atoms with E-state index >= 15 is 0 Å². The van der Waals surface area contributed by atoms with Crippen molar-refractivity contribution in [1.82, 2.24) is 25.4 Å². The van der Waals surface area contributed by atoms with Crippen LogP contribution in [-0.2, 0) is 17.5 Å². The summed E-state index contributed by atoms with van der Waals surface area (Å²) >= 11 is 0. The van der Waals surface area contributed by atoms with Crippen LogP contribution in [0.1, 0.15) is 29.0 Å². The molecule has 0 atom stereocenters. The van der Waals surface area contributed by atoms with E-state index in [0.29, 0.717) is 29.7 Å². The van der Waals surface area contributed by atoms with Crippen molar-refractivity contribution in [1.29, 1.82) is 0 Å². The zero-order valence-corrected chi connectivity index (χ0v) is 17.7. The fourth-order valence-electron chi connectivity index (χ4n) is 3.27. The third-order valence-electron chi connectivity index (χ3n) is 5.14. The van der Waals surface area contributed by atoms with Crippen LogP contribution in [-0.4, -0.2) is 46.2 Å². The fourth-order valence-corrected chi connectivity index (χ4v) is 3.27. The van der Waals surface area contributed by atoms with E-state index in [1.807, 2.05) is 0 Å². The Balaban J connectivity index is 1.33. The highest BCUT2D eigenvalue weighted by atomic mass is 19.4. The van der Waals surface area contributed by atoms with Crippen molar-refractivity contribution >= 4 is 28.4 Å². The number of carbonyl (C=O) groups excluding carboxylic acids is 2. The second kappa shape index (κ2) is 9.57. The average Bonchev–Trinajstić information content (AvgIpc) is 3.51. The molecule has 2 amide bonds. The molecule has 0 spiro atoms. The molecular weight excluding hydrogens is 437 g/mol. The van der Waals surface area contributed by atoms with E-state index in [9.17, 15) is 22.8 Å².